The molecule has 0 amide bonds. The van der Waals surface area contributed by atoms with Gasteiger partial charge in [0.25, 0.3) is 0 Å². The number of nitrogens with zero attached hydrogens (tertiary/aromatic N) is 2. The van der Waals surface area contributed by atoms with Gasteiger partial charge in [-0.05, 0) is 33.2 Å². The first-order chi connectivity index (χ1) is 7.20. The fourth-order valence-electron chi connectivity index (χ4n) is 2.09. The van der Waals surface area contributed by atoms with Crippen molar-refractivity contribution in [2.45, 2.75) is 39.3 Å². The van der Waals surface area contributed by atoms with E-state index in [1.54, 1.807) is 0 Å². The van der Waals surface area contributed by atoms with E-state index in [2.05, 4.69) is 9.88 Å². The highest BCUT2D eigenvalue weighted by molar-refractivity contribution is 5.05. The lowest BCUT2D eigenvalue weighted by Gasteiger charge is -2.20. The molecule has 1 aromatic heterocycles. The van der Waals surface area contributed by atoms with Crippen molar-refractivity contribution in [3.63, 3.8) is 0 Å². The molecule has 4 heteroatoms. The molecule has 1 saturated heterocycles. The standard InChI is InChI=1S/C11H18N2O2/c1-8-9(2)15-11(12-8)6-13-5-3-4-10(13)7-14/h10,14H,3-7H2,1-2H3. The third-order valence-electron chi connectivity index (χ3n) is 3.12. The molecule has 0 spiro atoms. The maximum atomic E-state index is 9.18. The zero-order chi connectivity index (χ0) is 10.8. The molecule has 2 heterocycles. The zero-order valence-electron chi connectivity index (χ0n) is 9.36. The van der Waals surface area contributed by atoms with Gasteiger partial charge in [0.05, 0.1) is 18.8 Å². The average molecular weight is 210 g/mol. The first kappa shape index (κ1) is 10.6. The number of likely N-dealkylation sites (tertiary alicyclic amines) is 1. The summed E-state index contributed by atoms with van der Waals surface area (Å²) >= 11 is 0. The Morgan fingerprint density at radius 3 is 2.93 bits per heavy atom. The average Bonchev–Trinajstić information content (AvgIpc) is 2.75. The molecular weight excluding hydrogens is 192 g/mol. The first-order valence-corrected chi connectivity index (χ1v) is 5.48. The van der Waals surface area contributed by atoms with Crippen LogP contribution >= 0.6 is 0 Å². The van der Waals surface area contributed by atoms with E-state index in [9.17, 15) is 5.11 Å². The van der Waals surface area contributed by atoms with Gasteiger partial charge in [0.2, 0.25) is 5.89 Å². The number of rotatable bonds is 3. The van der Waals surface area contributed by atoms with Crippen LogP contribution in [0.15, 0.2) is 4.42 Å². The Kier molecular flexibility index (Phi) is 3.07. The highest BCUT2D eigenvalue weighted by Crippen LogP contribution is 2.20. The van der Waals surface area contributed by atoms with Gasteiger partial charge in [-0.25, -0.2) is 4.98 Å². The van der Waals surface area contributed by atoms with Crippen molar-refractivity contribution in [3.8, 4) is 0 Å². The summed E-state index contributed by atoms with van der Waals surface area (Å²) < 4.78 is 5.53. The number of aryl methyl sites for hydroxylation is 2. The molecule has 0 aromatic carbocycles. The summed E-state index contributed by atoms with van der Waals surface area (Å²) in [5.74, 6) is 1.66. The fourth-order valence-corrected chi connectivity index (χ4v) is 2.09. The summed E-state index contributed by atoms with van der Waals surface area (Å²) in [6.45, 7) is 5.87. The van der Waals surface area contributed by atoms with E-state index in [-0.39, 0.29) is 12.6 Å². The molecule has 15 heavy (non-hydrogen) atoms. The Labute approximate surface area is 89.9 Å². The molecule has 0 bridgehead atoms. The van der Waals surface area contributed by atoms with Crippen LogP contribution < -0.4 is 0 Å². The van der Waals surface area contributed by atoms with Crippen LogP contribution in [0.1, 0.15) is 30.2 Å². The summed E-state index contributed by atoms with van der Waals surface area (Å²) in [5, 5.41) is 9.18. The second-order valence-corrected chi connectivity index (χ2v) is 4.20. The molecule has 1 fully saturated rings. The third-order valence-corrected chi connectivity index (χ3v) is 3.12. The van der Waals surface area contributed by atoms with Crippen molar-refractivity contribution >= 4 is 0 Å². The van der Waals surface area contributed by atoms with Crippen molar-refractivity contribution in [2.24, 2.45) is 0 Å². The molecular formula is C11H18N2O2. The van der Waals surface area contributed by atoms with E-state index in [4.69, 9.17) is 4.42 Å². The Balaban J connectivity index is 2.02. The molecule has 84 valence electrons. The topological polar surface area (TPSA) is 49.5 Å². The number of aliphatic hydroxyl groups is 1. The second kappa shape index (κ2) is 4.33. The molecule has 1 N–H and O–H groups in total. The summed E-state index contributed by atoms with van der Waals surface area (Å²) in [6.07, 6.45) is 2.24. The number of aliphatic hydroxyl groups excluding tert-OH is 1. The maximum Gasteiger partial charge on any atom is 0.208 e. The Morgan fingerprint density at radius 1 is 1.53 bits per heavy atom. The van der Waals surface area contributed by atoms with Gasteiger partial charge in [0, 0.05) is 6.04 Å². The van der Waals surface area contributed by atoms with Crippen LogP contribution in [-0.4, -0.2) is 34.2 Å². The fraction of sp³-hybridized carbons (Fsp3) is 0.727. The van der Waals surface area contributed by atoms with E-state index >= 15 is 0 Å². The first-order valence-electron chi connectivity index (χ1n) is 5.48. The van der Waals surface area contributed by atoms with E-state index < -0.39 is 0 Å². The summed E-state index contributed by atoms with van der Waals surface area (Å²) in [7, 11) is 0. The minimum atomic E-state index is 0.235. The lowest BCUT2D eigenvalue weighted by Crippen LogP contribution is -2.31. The van der Waals surface area contributed by atoms with Gasteiger partial charge in [-0.1, -0.05) is 0 Å². The Hall–Kier alpha value is -0.870. The van der Waals surface area contributed by atoms with Crippen molar-refractivity contribution in [3.05, 3.63) is 17.3 Å². The van der Waals surface area contributed by atoms with Gasteiger partial charge < -0.3 is 9.52 Å². The van der Waals surface area contributed by atoms with Crippen LogP contribution in [0.25, 0.3) is 0 Å². The predicted molar refractivity (Wildman–Crippen MR) is 56.5 cm³/mol. The van der Waals surface area contributed by atoms with Crippen LogP contribution in [-0.2, 0) is 6.54 Å². The Morgan fingerprint density at radius 2 is 2.33 bits per heavy atom. The highest BCUT2D eigenvalue weighted by atomic mass is 16.4. The molecule has 1 aromatic rings. The van der Waals surface area contributed by atoms with E-state index in [0.29, 0.717) is 0 Å². The monoisotopic (exact) mass is 210 g/mol. The minimum Gasteiger partial charge on any atom is -0.444 e. The van der Waals surface area contributed by atoms with Gasteiger partial charge in [-0.15, -0.1) is 0 Å². The summed E-state index contributed by atoms with van der Waals surface area (Å²) in [6, 6.07) is 0.289. The molecule has 1 atom stereocenters. The molecule has 4 nitrogen and oxygen atoms in total. The summed E-state index contributed by atoms with van der Waals surface area (Å²) in [5.41, 5.74) is 0.963. The predicted octanol–water partition coefficient (Wildman–Crippen LogP) is 1.25. The van der Waals surface area contributed by atoms with Crippen LogP contribution in [0.4, 0.5) is 0 Å². The number of aromatic nitrogens is 1. The van der Waals surface area contributed by atoms with Crippen LogP contribution in [0.2, 0.25) is 0 Å². The normalized spacial score (nSPS) is 22.5. The van der Waals surface area contributed by atoms with Crippen molar-refractivity contribution in [1.29, 1.82) is 0 Å². The number of hydrogen-bond donors (Lipinski definition) is 1. The van der Waals surface area contributed by atoms with Gasteiger partial charge in [-0.3, -0.25) is 4.90 Å². The van der Waals surface area contributed by atoms with Gasteiger partial charge in [0.15, 0.2) is 0 Å². The smallest absolute Gasteiger partial charge is 0.208 e. The SMILES string of the molecule is Cc1nc(CN2CCCC2CO)oc1C. The third kappa shape index (κ3) is 2.21. The van der Waals surface area contributed by atoms with E-state index in [1.165, 1.54) is 0 Å². The molecule has 2 rings (SSSR count). The molecule has 0 radical (unpaired) electrons. The summed E-state index contributed by atoms with van der Waals surface area (Å²) in [4.78, 5) is 6.59. The van der Waals surface area contributed by atoms with Gasteiger partial charge in [-0.2, -0.15) is 0 Å². The lowest BCUT2D eigenvalue weighted by atomic mass is 10.2. The highest BCUT2D eigenvalue weighted by Gasteiger charge is 2.25. The minimum absolute atomic E-state index is 0.235. The van der Waals surface area contributed by atoms with Crippen molar-refractivity contribution in [1.82, 2.24) is 9.88 Å². The Bertz CT molecular complexity index is 316. The lowest BCUT2D eigenvalue weighted by molar-refractivity contribution is 0.144. The van der Waals surface area contributed by atoms with E-state index in [1.807, 2.05) is 13.8 Å². The van der Waals surface area contributed by atoms with Crippen LogP contribution in [0, 0.1) is 13.8 Å². The van der Waals surface area contributed by atoms with E-state index in [0.717, 1.165) is 43.3 Å². The molecule has 1 aliphatic heterocycles. The number of hydrogen-bond acceptors (Lipinski definition) is 4. The largest absolute Gasteiger partial charge is 0.444 e. The van der Waals surface area contributed by atoms with Crippen molar-refractivity contribution in [2.75, 3.05) is 13.2 Å². The van der Waals surface area contributed by atoms with Gasteiger partial charge in [0.1, 0.15) is 5.76 Å². The van der Waals surface area contributed by atoms with Crippen molar-refractivity contribution < 1.29 is 9.52 Å². The molecule has 0 saturated carbocycles. The second-order valence-electron chi connectivity index (χ2n) is 4.20. The maximum absolute atomic E-state index is 9.18. The quantitative estimate of drug-likeness (QED) is 0.815. The molecule has 1 unspecified atom stereocenters. The van der Waals surface area contributed by atoms with Crippen LogP contribution in [0.5, 0.6) is 0 Å². The molecule has 1 aliphatic rings. The number of oxazole rings is 1. The van der Waals surface area contributed by atoms with Crippen LogP contribution in [0.3, 0.4) is 0 Å². The zero-order valence-corrected chi connectivity index (χ0v) is 9.36. The van der Waals surface area contributed by atoms with Gasteiger partial charge >= 0.3 is 0 Å². The molecule has 0 aliphatic carbocycles.